The number of hydrogen-bond acceptors (Lipinski definition) is 2. The molecular formula is C16H29NO3. The highest BCUT2D eigenvalue weighted by Crippen LogP contribution is 2.31. The van der Waals surface area contributed by atoms with Crippen LogP contribution in [0.15, 0.2) is 0 Å². The Morgan fingerprint density at radius 2 is 1.80 bits per heavy atom. The van der Waals surface area contributed by atoms with E-state index in [1.165, 1.54) is 32.1 Å². The Morgan fingerprint density at radius 1 is 1.10 bits per heavy atom. The summed E-state index contributed by atoms with van der Waals surface area (Å²) in [5.41, 5.74) is 0. The van der Waals surface area contributed by atoms with Crippen molar-refractivity contribution in [3.05, 3.63) is 0 Å². The normalized spacial score (nSPS) is 22.4. The van der Waals surface area contributed by atoms with Crippen LogP contribution in [0.4, 0.5) is 0 Å². The van der Waals surface area contributed by atoms with E-state index in [9.17, 15) is 9.59 Å². The summed E-state index contributed by atoms with van der Waals surface area (Å²) < 4.78 is 0. The Labute approximate surface area is 122 Å². The Morgan fingerprint density at radius 3 is 2.40 bits per heavy atom. The quantitative estimate of drug-likeness (QED) is 0.638. The number of carboxylic acids is 1. The maximum Gasteiger partial charge on any atom is 0.303 e. The van der Waals surface area contributed by atoms with Crippen molar-refractivity contribution in [1.29, 1.82) is 0 Å². The van der Waals surface area contributed by atoms with Crippen molar-refractivity contribution in [2.75, 3.05) is 6.54 Å². The van der Waals surface area contributed by atoms with Crippen molar-refractivity contribution < 1.29 is 14.7 Å². The molecule has 116 valence electrons. The standard InChI is InChI=1S/C16H29NO3/c1-2-3-6-13-8-10-14(11-9-13)16(20)17-12-5-4-7-15(18)19/h13-14H,2-12H2,1H3,(H,17,20)(H,18,19). The largest absolute Gasteiger partial charge is 0.481 e. The van der Waals surface area contributed by atoms with Gasteiger partial charge in [0.15, 0.2) is 0 Å². The number of carboxylic acid groups (broad SMARTS) is 1. The molecule has 1 saturated carbocycles. The Balaban J connectivity index is 2.08. The van der Waals surface area contributed by atoms with Crippen LogP contribution in [0.25, 0.3) is 0 Å². The SMILES string of the molecule is CCCCC1CCC(C(=O)NCCCCC(=O)O)CC1. The van der Waals surface area contributed by atoms with Crippen LogP contribution in [-0.2, 0) is 9.59 Å². The molecule has 0 aromatic heterocycles. The molecule has 1 rings (SSSR count). The average Bonchev–Trinajstić information content (AvgIpc) is 2.44. The van der Waals surface area contributed by atoms with Gasteiger partial charge in [-0.2, -0.15) is 0 Å². The van der Waals surface area contributed by atoms with Crippen molar-refractivity contribution in [2.45, 2.75) is 71.1 Å². The van der Waals surface area contributed by atoms with Gasteiger partial charge in [-0.25, -0.2) is 0 Å². The van der Waals surface area contributed by atoms with E-state index in [1.807, 2.05) is 0 Å². The molecule has 0 aromatic carbocycles. The Hall–Kier alpha value is -1.06. The summed E-state index contributed by atoms with van der Waals surface area (Å²) in [5.74, 6) is 0.429. The molecule has 0 unspecified atom stereocenters. The molecule has 0 radical (unpaired) electrons. The molecule has 0 spiro atoms. The lowest BCUT2D eigenvalue weighted by Gasteiger charge is -2.27. The van der Waals surface area contributed by atoms with Crippen LogP contribution in [0.5, 0.6) is 0 Å². The maximum absolute atomic E-state index is 12.0. The van der Waals surface area contributed by atoms with Crippen LogP contribution >= 0.6 is 0 Å². The lowest BCUT2D eigenvalue weighted by Crippen LogP contribution is -2.33. The van der Waals surface area contributed by atoms with Gasteiger partial charge in [0, 0.05) is 18.9 Å². The minimum Gasteiger partial charge on any atom is -0.481 e. The van der Waals surface area contributed by atoms with Gasteiger partial charge in [0.25, 0.3) is 0 Å². The fourth-order valence-electron chi connectivity index (χ4n) is 2.96. The van der Waals surface area contributed by atoms with Gasteiger partial charge in [0.2, 0.25) is 5.91 Å². The predicted molar refractivity (Wildman–Crippen MR) is 79.5 cm³/mol. The monoisotopic (exact) mass is 283 g/mol. The average molecular weight is 283 g/mol. The molecule has 1 fully saturated rings. The molecule has 0 aliphatic heterocycles. The van der Waals surface area contributed by atoms with Gasteiger partial charge in [-0.3, -0.25) is 9.59 Å². The first-order chi connectivity index (χ1) is 9.63. The van der Waals surface area contributed by atoms with Gasteiger partial charge in [0.1, 0.15) is 0 Å². The number of unbranched alkanes of at least 4 members (excludes halogenated alkanes) is 2. The molecule has 1 aliphatic carbocycles. The molecule has 0 atom stereocenters. The second-order valence-corrected chi connectivity index (χ2v) is 6.00. The zero-order valence-corrected chi connectivity index (χ0v) is 12.7. The van der Waals surface area contributed by atoms with E-state index < -0.39 is 5.97 Å². The third kappa shape index (κ3) is 6.92. The number of rotatable bonds is 9. The van der Waals surface area contributed by atoms with Gasteiger partial charge in [-0.1, -0.05) is 26.2 Å². The summed E-state index contributed by atoms with van der Waals surface area (Å²) in [7, 11) is 0. The Bertz CT molecular complexity index is 296. The first-order valence-electron chi connectivity index (χ1n) is 8.13. The van der Waals surface area contributed by atoms with Gasteiger partial charge in [-0.05, 0) is 44.4 Å². The van der Waals surface area contributed by atoms with Crippen LogP contribution in [0.2, 0.25) is 0 Å². The predicted octanol–water partition coefficient (Wildman–Crippen LogP) is 3.35. The van der Waals surface area contributed by atoms with E-state index in [2.05, 4.69) is 12.2 Å². The van der Waals surface area contributed by atoms with Crippen LogP contribution < -0.4 is 5.32 Å². The third-order valence-corrected chi connectivity index (χ3v) is 4.30. The van der Waals surface area contributed by atoms with Crippen LogP contribution in [0.1, 0.15) is 71.1 Å². The summed E-state index contributed by atoms with van der Waals surface area (Å²) in [4.78, 5) is 22.4. The molecule has 2 N–H and O–H groups in total. The minimum absolute atomic E-state index is 0.175. The summed E-state index contributed by atoms with van der Waals surface area (Å²) >= 11 is 0. The molecule has 4 nitrogen and oxygen atoms in total. The van der Waals surface area contributed by atoms with Crippen molar-refractivity contribution >= 4 is 11.9 Å². The van der Waals surface area contributed by atoms with Gasteiger partial charge in [-0.15, -0.1) is 0 Å². The van der Waals surface area contributed by atoms with Crippen LogP contribution in [0.3, 0.4) is 0 Å². The molecule has 0 heterocycles. The zero-order valence-electron chi connectivity index (χ0n) is 12.7. The van der Waals surface area contributed by atoms with Crippen molar-refractivity contribution in [3.63, 3.8) is 0 Å². The summed E-state index contributed by atoms with van der Waals surface area (Å²) in [6.45, 7) is 2.84. The molecule has 1 amide bonds. The van der Waals surface area contributed by atoms with Crippen LogP contribution in [0, 0.1) is 11.8 Å². The highest BCUT2D eigenvalue weighted by Gasteiger charge is 2.25. The number of amides is 1. The number of carbonyl (C=O) groups is 2. The first kappa shape index (κ1) is 17.0. The topological polar surface area (TPSA) is 66.4 Å². The summed E-state index contributed by atoms with van der Waals surface area (Å²) in [6, 6.07) is 0. The second-order valence-electron chi connectivity index (χ2n) is 6.00. The van der Waals surface area contributed by atoms with E-state index in [1.54, 1.807) is 0 Å². The summed E-state index contributed by atoms with van der Waals surface area (Å²) in [6.07, 6.45) is 9.91. The number of carbonyl (C=O) groups excluding carboxylic acids is 1. The van der Waals surface area contributed by atoms with E-state index in [4.69, 9.17) is 5.11 Å². The highest BCUT2D eigenvalue weighted by atomic mass is 16.4. The fraction of sp³-hybridized carbons (Fsp3) is 0.875. The van der Waals surface area contributed by atoms with Crippen molar-refractivity contribution in [2.24, 2.45) is 11.8 Å². The highest BCUT2D eigenvalue weighted by molar-refractivity contribution is 5.78. The molecule has 20 heavy (non-hydrogen) atoms. The van der Waals surface area contributed by atoms with E-state index >= 15 is 0 Å². The number of nitrogens with one attached hydrogen (secondary N) is 1. The molecular weight excluding hydrogens is 254 g/mol. The fourth-order valence-corrected chi connectivity index (χ4v) is 2.96. The lowest BCUT2D eigenvalue weighted by molar-refractivity contribution is -0.137. The van der Waals surface area contributed by atoms with Gasteiger partial charge < -0.3 is 10.4 Å². The van der Waals surface area contributed by atoms with E-state index in [0.29, 0.717) is 13.0 Å². The maximum atomic E-state index is 12.0. The van der Waals surface area contributed by atoms with Crippen molar-refractivity contribution in [3.8, 4) is 0 Å². The lowest BCUT2D eigenvalue weighted by atomic mass is 9.79. The second kappa shape index (κ2) is 9.78. The molecule has 0 aromatic rings. The molecule has 4 heteroatoms. The minimum atomic E-state index is -0.762. The third-order valence-electron chi connectivity index (χ3n) is 4.30. The van der Waals surface area contributed by atoms with E-state index in [0.717, 1.165) is 25.2 Å². The molecule has 0 saturated heterocycles. The van der Waals surface area contributed by atoms with Crippen LogP contribution in [-0.4, -0.2) is 23.5 Å². The number of aliphatic carboxylic acids is 1. The Kier molecular flexibility index (Phi) is 8.31. The van der Waals surface area contributed by atoms with E-state index in [-0.39, 0.29) is 18.2 Å². The molecule has 1 aliphatic rings. The van der Waals surface area contributed by atoms with Gasteiger partial charge >= 0.3 is 5.97 Å². The zero-order chi connectivity index (χ0) is 14.8. The molecule has 0 bridgehead atoms. The van der Waals surface area contributed by atoms with Crippen molar-refractivity contribution in [1.82, 2.24) is 5.32 Å². The number of hydrogen-bond donors (Lipinski definition) is 2. The smallest absolute Gasteiger partial charge is 0.303 e. The van der Waals surface area contributed by atoms with Gasteiger partial charge in [0.05, 0.1) is 0 Å². The first-order valence-corrected chi connectivity index (χ1v) is 8.13. The summed E-state index contributed by atoms with van der Waals surface area (Å²) in [5, 5.41) is 11.5.